The molecule has 1 N–H and O–H groups in total. The van der Waals surface area contributed by atoms with Crippen molar-refractivity contribution in [3.63, 3.8) is 0 Å². The maximum Gasteiger partial charge on any atom is 0.355 e. The minimum absolute atomic E-state index is 0.00949. The molecule has 0 bridgehead atoms. The molecule has 2 aliphatic rings. The van der Waals surface area contributed by atoms with E-state index < -0.39 is 65.5 Å². The van der Waals surface area contributed by atoms with Gasteiger partial charge in [0.2, 0.25) is 5.91 Å². The van der Waals surface area contributed by atoms with Crippen molar-refractivity contribution >= 4 is 29.2 Å². The lowest BCUT2D eigenvalue weighted by Gasteiger charge is -2.23. The van der Waals surface area contributed by atoms with Gasteiger partial charge in [-0.1, -0.05) is 12.8 Å². The molecular weight excluding hydrogens is 398 g/mol. The van der Waals surface area contributed by atoms with Crippen molar-refractivity contribution in [2.75, 3.05) is 11.6 Å². The largest absolute Gasteiger partial charge is 0.451 e. The number of hydrazone groups is 1. The molecule has 29 heavy (non-hydrogen) atoms. The lowest BCUT2D eigenvalue weighted by Crippen LogP contribution is -2.39. The second-order valence-electron chi connectivity index (χ2n) is 6.69. The standard InChI is InChI=1S/C18H17F4N3O4/c19-10-7-11(20)16(22)17(15(10)21)25-14(27)6-5-12(24-25)18(28)29-8-13(26)23-9-3-1-2-4-9/h7,9H,1-6,8H2,(H,23,26). The van der Waals surface area contributed by atoms with Crippen molar-refractivity contribution in [2.24, 2.45) is 5.10 Å². The van der Waals surface area contributed by atoms with Gasteiger partial charge < -0.3 is 10.1 Å². The van der Waals surface area contributed by atoms with E-state index in [9.17, 15) is 31.9 Å². The lowest BCUT2D eigenvalue weighted by molar-refractivity contribution is -0.142. The topological polar surface area (TPSA) is 88.1 Å². The van der Waals surface area contributed by atoms with Crippen LogP contribution in [-0.4, -0.2) is 36.1 Å². The van der Waals surface area contributed by atoms with Crippen LogP contribution in [0.2, 0.25) is 0 Å². The molecule has 156 valence electrons. The van der Waals surface area contributed by atoms with Gasteiger partial charge in [0, 0.05) is 24.9 Å². The zero-order chi connectivity index (χ0) is 21.1. The summed E-state index contributed by atoms with van der Waals surface area (Å²) in [5, 5.41) is 6.29. The molecule has 0 saturated heterocycles. The van der Waals surface area contributed by atoms with Crippen LogP contribution in [0.4, 0.5) is 23.2 Å². The highest BCUT2D eigenvalue weighted by Gasteiger charge is 2.33. The van der Waals surface area contributed by atoms with Crippen LogP contribution < -0.4 is 10.3 Å². The molecule has 1 saturated carbocycles. The Morgan fingerprint density at radius 1 is 1.10 bits per heavy atom. The first-order valence-corrected chi connectivity index (χ1v) is 8.98. The average Bonchev–Trinajstić information content (AvgIpc) is 3.19. The van der Waals surface area contributed by atoms with Gasteiger partial charge in [-0.3, -0.25) is 9.59 Å². The molecule has 1 aliphatic carbocycles. The van der Waals surface area contributed by atoms with E-state index in [1.807, 2.05) is 0 Å². The Morgan fingerprint density at radius 2 is 1.72 bits per heavy atom. The number of benzene rings is 1. The molecule has 1 aliphatic heterocycles. The van der Waals surface area contributed by atoms with E-state index in [0.29, 0.717) is 0 Å². The zero-order valence-corrected chi connectivity index (χ0v) is 15.1. The maximum absolute atomic E-state index is 14.0. The van der Waals surface area contributed by atoms with Crippen LogP contribution >= 0.6 is 0 Å². The third kappa shape index (κ3) is 4.54. The summed E-state index contributed by atoms with van der Waals surface area (Å²) >= 11 is 0. The molecule has 0 aromatic heterocycles. The Hall–Kier alpha value is -2.98. The predicted octanol–water partition coefficient (Wildman–Crippen LogP) is 2.33. The van der Waals surface area contributed by atoms with Gasteiger partial charge in [0.05, 0.1) is 0 Å². The fraction of sp³-hybridized carbons (Fsp3) is 0.444. The van der Waals surface area contributed by atoms with Gasteiger partial charge in [-0.05, 0) is 12.8 Å². The van der Waals surface area contributed by atoms with Crippen LogP contribution in [0.5, 0.6) is 0 Å². The molecule has 1 heterocycles. The Morgan fingerprint density at radius 3 is 2.34 bits per heavy atom. The molecule has 11 heteroatoms. The molecule has 0 spiro atoms. The van der Waals surface area contributed by atoms with Gasteiger partial charge in [-0.15, -0.1) is 0 Å². The second kappa shape index (κ2) is 8.58. The first-order chi connectivity index (χ1) is 13.8. The van der Waals surface area contributed by atoms with E-state index in [4.69, 9.17) is 4.74 Å². The SMILES string of the molecule is O=C(COC(=O)C1=NN(c2c(F)c(F)cc(F)c2F)C(=O)CC1)NC1CCCC1. The number of rotatable bonds is 5. The first kappa shape index (κ1) is 20.7. The number of hydrogen-bond acceptors (Lipinski definition) is 5. The smallest absolute Gasteiger partial charge is 0.355 e. The molecule has 1 fully saturated rings. The summed E-state index contributed by atoms with van der Waals surface area (Å²) in [5.74, 6) is -9.66. The minimum atomic E-state index is -1.83. The summed E-state index contributed by atoms with van der Waals surface area (Å²) in [6.45, 7) is -0.598. The third-order valence-corrected chi connectivity index (χ3v) is 4.62. The highest BCUT2D eigenvalue weighted by Crippen LogP contribution is 2.30. The van der Waals surface area contributed by atoms with Crippen molar-refractivity contribution in [2.45, 2.75) is 44.6 Å². The number of ether oxygens (including phenoxy) is 1. The van der Waals surface area contributed by atoms with Crippen LogP contribution in [0, 0.1) is 23.3 Å². The van der Waals surface area contributed by atoms with Gasteiger partial charge in [-0.25, -0.2) is 22.4 Å². The number of halogens is 4. The number of nitrogens with zero attached hydrogens (tertiary/aromatic N) is 2. The number of hydrogen-bond donors (Lipinski definition) is 1. The fourth-order valence-electron chi connectivity index (χ4n) is 3.18. The van der Waals surface area contributed by atoms with Crippen LogP contribution in [0.1, 0.15) is 38.5 Å². The van der Waals surface area contributed by atoms with E-state index in [2.05, 4.69) is 10.4 Å². The number of esters is 1. The lowest BCUT2D eigenvalue weighted by atomic mass is 10.1. The number of anilines is 1. The van der Waals surface area contributed by atoms with Crippen molar-refractivity contribution < 1.29 is 36.7 Å². The molecule has 7 nitrogen and oxygen atoms in total. The monoisotopic (exact) mass is 415 g/mol. The Kier molecular flexibility index (Phi) is 6.14. The maximum atomic E-state index is 14.0. The van der Waals surface area contributed by atoms with Crippen molar-refractivity contribution in [3.05, 3.63) is 29.3 Å². The van der Waals surface area contributed by atoms with Gasteiger partial charge in [0.15, 0.2) is 29.9 Å². The highest BCUT2D eigenvalue weighted by molar-refractivity contribution is 6.38. The molecule has 1 aromatic carbocycles. The first-order valence-electron chi connectivity index (χ1n) is 8.98. The van der Waals surface area contributed by atoms with Gasteiger partial charge in [0.25, 0.3) is 5.91 Å². The van der Waals surface area contributed by atoms with Crippen molar-refractivity contribution in [1.29, 1.82) is 0 Å². The summed E-state index contributed by atoms with van der Waals surface area (Å²) in [6.07, 6.45) is 3.05. The summed E-state index contributed by atoms with van der Waals surface area (Å²) < 4.78 is 59.6. The third-order valence-electron chi connectivity index (χ3n) is 4.62. The van der Waals surface area contributed by atoms with Crippen molar-refractivity contribution in [1.82, 2.24) is 5.32 Å². The number of carbonyl (C=O) groups excluding carboxylic acids is 3. The summed E-state index contributed by atoms with van der Waals surface area (Å²) in [7, 11) is 0. The number of amides is 2. The quantitative estimate of drug-likeness (QED) is 0.454. The van der Waals surface area contributed by atoms with Crippen LogP contribution in [0.3, 0.4) is 0 Å². The molecule has 0 atom stereocenters. The fourth-order valence-corrected chi connectivity index (χ4v) is 3.18. The van der Waals surface area contributed by atoms with Crippen LogP contribution in [-0.2, 0) is 19.1 Å². The van der Waals surface area contributed by atoms with Gasteiger partial charge in [-0.2, -0.15) is 10.1 Å². The minimum Gasteiger partial charge on any atom is -0.451 e. The Balaban J connectivity index is 1.72. The van der Waals surface area contributed by atoms with E-state index in [1.54, 1.807) is 0 Å². The normalized spacial score (nSPS) is 17.3. The molecule has 0 radical (unpaired) electrons. The van der Waals surface area contributed by atoms with E-state index in [0.717, 1.165) is 25.7 Å². The number of carbonyl (C=O) groups is 3. The van der Waals surface area contributed by atoms with E-state index in [1.165, 1.54) is 0 Å². The van der Waals surface area contributed by atoms with E-state index in [-0.39, 0.29) is 23.5 Å². The second-order valence-corrected chi connectivity index (χ2v) is 6.69. The molecule has 2 amide bonds. The number of nitrogens with one attached hydrogen (secondary N) is 1. The van der Waals surface area contributed by atoms with Crippen molar-refractivity contribution in [3.8, 4) is 0 Å². The van der Waals surface area contributed by atoms with Crippen LogP contribution in [0.15, 0.2) is 11.2 Å². The molecule has 0 unspecified atom stereocenters. The van der Waals surface area contributed by atoms with E-state index >= 15 is 0 Å². The Labute approximate surface area is 162 Å². The summed E-state index contributed by atoms with van der Waals surface area (Å²) in [6, 6.07) is 0.0138. The summed E-state index contributed by atoms with van der Waals surface area (Å²) in [5.41, 5.74) is -1.78. The average molecular weight is 415 g/mol. The van der Waals surface area contributed by atoms with Gasteiger partial charge >= 0.3 is 5.97 Å². The predicted molar refractivity (Wildman–Crippen MR) is 91.8 cm³/mol. The molecule has 3 rings (SSSR count). The highest BCUT2D eigenvalue weighted by atomic mass is 19.2. The van der Waals surface area contributed by atoms with Crippen LogP contribution in [0.25, 0.3) is 0 Å². The zero-order valence-electron chi connectivity index (χ0n) is 15.1. The molecular formula is C18H17F4N3O4. The Bertz CT molecular complexity index is 858. The van der Waals surface area contributed by atoms with Gasteiger partial charge in [0.1, 0.15) is 11.4 Å². The molecule has 1 aromatic rings. The summed E-state index contributed by atoms with van der Waals surface area (Å²) in [4.78, 5) is 35.9.